The first-order chi connectivity index (χ1) is 10.1. The molecule has 3 rings (SSSR count). The number of carbonyl (C=O) groups is 2. The predicted molar refractivity (Wildman–Crippen MR) is 74.9 cm³/mol. The topological polar surface area (TPSA) is 106 Å². The highest BCUT2D eigenvalue weighted by atomic mass is 16.2. The molecule has 1 aliphatic carbocycles. The van der Waals surface area contributed by atoms with Gasteiger partial charge in [0.05, 0.1) is 0 Å². The summed E-state index contributed by atoms with van der Waals surface area (Å²) in [5, 5.41) is 6.98. The smallest absolute Gasteiger partial charge is 0.244 e. The van der Waals surface area contributed by atoms with E-state index in [2.05, 4.69) is 15.4 Å². The number of anilines is 1. The van der Waals surface area contributed by atoms with Crippen molar-refractivity contribution in [1.29, 1.82) is 0 Å². The van der Waals surface area contributed by atoms with Crippen LogP contribution in [0.2, 0.25) is 0 Å². The Balaban J connectivity index is 1.44. The van der Waals surface area contributed by atoms with Gasteiger partial charge < -0.3 is 16.0 Å². The first kappa shape index (κ1) is 13.8. The summed E-state index contributed by atoms with van der Waals surface area (Å²) in [6.45, 7) is 1.49. The molecular formula is C13H20N6O2. The summed E-state index contributed by atoms with van der Waals surface area (Å²) >= 11 is 0. The Morgan fingerprint density at radius 2 is 2.00 bits per heavy atom. The predicted octanol–water partition coefficient (Wildman–Crippen LogP) is -0.622. The van der Waals surface area contributed by atoms with Gasteiger partial charge in [-0.05, 0) is 25.7 Å². The number of nitrogen functional groups attached to an aromatic ring is 1. The van der Waals surface area contributed by atoms with Crippen molar-refractivity contribution in [3.63, 3.8) is 0 Å². The van der Waals surface area contributed by atoms with Crippen molar-refractivity contribution in [2.24, 2.45) is 5.92 Å². The van der Waals surface area contributed by atoms with Gasteiger partial charge in [0, 0.05) is 25.0 Å². The van der Waals surface area contributed by atoms with Crippen molar-refractivity contribution in [1.82, 2.24) is 25.0 Å². The summed E-state index contributed by atoms with van der Waals surface area (Å²) in [5.74, 6) is 0.594. The van der Waals surface area contributed by atoms with E-state index in [9.17, 15) is 9.59 Å². The van der Waals surface area contributed by atoms with Crippen LogP contribution in [0.4, 0.5) is 5.95 Å². The quantitative estimate of drug-likeness (QED) is 0.769. The second kappa shape index (κ2) is 5.71. The lowest BCUT2D eigenvalue weighted by Gasteiger charge is -2.32. The minimum absolute atomic E-state index is 0.00636. The maximum Gasteiger partial charge on any atom is 0.244 e. The third kappa shape index (κ3) is 3.50. The van der Waals surface area contributed by atoms with Crippen molar-refractivity contribution in [3.05, 3.63) is 6.33 Å². The number of rotatable bonds is 4. The number of hydrogen-bond donors (Lipinski definition) is 2. The molecule has 0 radical (unpaired) electrons. The molecule has 1 aliphatic heterocycles. The zero-order chi connectivity index (χ0) is 14.8. The SMILES string of the molecule is Nc1ncn(CC(=O)N2CCC(NC(=O)C3CC3)CC2)n1. The van der Waals surface area contributed by atoms with E-state index < -0.39 is 0 Å². The lowest BCUT2D eigenvalue weighted by atomic mass is 10.0. The molecule has 8 nitrogen and oxygen atoms in total. The number of amides is 2. The minimum Gasteiger partial charge on any atom is -0.367 e. The molecule has 3 N–H and O–H groups in total. The summed E-state index contributed by atoms with van der Waals surface area (Å²) in [4.78, 5) is 29.4. The van der Waals surface area contributed by atoms with Crippen molar-refractivity contribution < 1.29 is 9.59 Å². The van der Waals surface area contributed by atoms with Crippen LogP contribution in [0, 0.1) is 5.92 Å². The average molecular weight is 292 g/mol. The maximum absolute atomic E-state index is 12.1. The van der Waals surface area contributed by atoms with Crippen LogP contribution in [0.5, 0.6) is 0 Å². The highest BCUT2D eigenvalue weighted by Crippen LogP contribution is 2.29. The number of likely N-dealkylation sites (tertiary alicyclic amines) is 1. The molecule has 8 heteroatoms. The van der Waals surface area contributed by atoms with Crippen molar-refractivity contribution >= 4 is 17.8 Å². The molecule has 2 heterocycles. The van der Waals surface area contributed by atoms with E-state index in [1.807, 2.05) is 0 Å². The van der Waals surface area contributed by atoms with E-state index in [0.717, 1.165) is 25.7 Å². The summed E-state index contributed by atoms with van der Waals surface area (Å²) in [7, 11) is 0. The Kier molecular flexibility index (Phi) is 3.76. The maximum atomic E-state index is 12.1. The van der Waals surface area contributed by atoms with Crippen LogP contribution < -0.4 is 11.1 Å². The van der Waals surface area contributed by atoms with E-state index in [1.165, 1.54) is 11.0 Å². The molecule has 0 aromatic carbocycles. The first-order valence-electron chi connectivity index (χ1n) is 7.35. The Bertz CT molecular complexity index is 531. The van der Waals surface area contributed by atoms with Crippen LogP contribution in [0.3, 0.4) is 0 Å². The van der Waals surface area contributed by atoms with Crippen LogP contribution in [0.25, 0.3) is 0 Å². The fourth-order valence-electron chi connectivity index (χ4n) is 2.56. The molecule has 1 aromatic rings. The third-order valence-corrected chi connectivity index (χ3v) is 3.99. The van der Waals surface area contributed by atoms with Crippen LogP contribution in [0.1, 0.15) is 25.7 Å². The Morgan fingerprint density at radius 1 is 1.29 bits per heavy atom. The normalized spacial score (nSPS) is 19.5. The van der Waals surface area contributed by atoms with Gasteiger partial charge in [-0.25, -0.2) is 9.67 Å². The van der Waals surface area contributed by atoms with E-state index in [4.69, 9.17) is 5.73 Å². The third-order valence-electron chi connectivity index (χ3n) is 3.99. The molecule has 1 saturated heterocycles. The second-order valence-corrected chi connectivity index (χ2v) is 5.74. The van der Waals surface area contributed by atoms with Gasteiger partial charge in [0.1, 0.15) is 12.9 Å². The van der Waals surface area contributed by atoms with Gasteiger partial charge >= 0.3 is 0 Å². The molecule has 0 unspecified atom stereocenters. The lowest BCUT2D eigenvalue weighted by Crippen LogP contribution is -2.47. The molecular weight excluding hydrogens is 272 g/mol. The van der Waals surface area contributed by atoms with Crippen LogP contribution in [0.15, 0.2) is 6.33 Å². The van der Waals surface area contributed by atoms with Gasteiger partial charge in [0.2, 0.25) is 17.8 Å². The lowest BCUT2D eigenvalue weighted by molar-refractivity contribution is -0.133. The van der Waals surface area contributed by atoms with Crippen LogP contribution >= 0.6 is 0 Å². The molecule has 114 valence electrons. The van der Waals surface area contributed by atoms with Gasteiger partial charge in [-0.15, -0.1) is 5.10 Å². The van der Waals surface area contributed by atoms with Gasteiger partial charge in [-0.1, -0.05) is 0 Å². The van der Waals surface area contributed by atoms with E-state index in [1.54, 1.807) is 4.90 Å². The van der Waals surface area contributed by atoms with Crippen molar-refractivity contribution in [2.45, 2.75) is 38.3 Å². The average Bonchev–Trinajstić information content (AvgIpc) is 3.24. The number of aromatic nitrogens is 3. The van der Waals surface area contributed by atoms with Gasteiger partial charge in [0.15, 0.2) is 0 Å². The number of carbonyl (C=O) groups excluding carboxylic acids is 2. The van der Waals surface area contributed by atoms with E-state index in [-0.39, 0.29) is 36.3 Å². The molecule has 0 spiro atoms. The summed E-state index contributed by atoms with van der Waals surface area (Å²) in [5.41, 5.74) is 5.42. The number of nitrogens with one attached hydrogen (secondary N) is 1. The van der Waals surface area contributed by atoms with Crippen LogP contribution in [-0.2, 0) is 16.1 Å². The van der Waals surface area contributed by atoms with Gasteiger partial charge in [-0.2, -0.15) is 0 Å². The molecule has 0 atom stereocenters. The van der Waals surface area contributed by atoms with Gasteiger partial charge in [-0.3, -0.25) is 9.59 Å². The zero-order valence-electron chi connectivity index (χ0n) is 11.9. The van der Waals surface area contributed by atoms with Crippen molar-refractivity contribution in [2.75, 3.05) is 18.8 Å². The summed E-state index contributed by atoms with van der Waals surface area (Å²) in [6, 6.07) is 0.198. The highest BCUT2D eigenvalue weighted by Gasteiger charge is 2.32. The first-order valence-corrected chi connectivity index (χ1v) is 7.35. The Morgan fingerprint density at radius 3 is 2.57 bits per heavy atom. The van der Waals surface area contributed by atoms with Crippen LogP contribution in [-0.4, -0.2) is 50.6 Å². The van der Waals surface area contributed by atoms with E-state index in [0.29, 0.717) is 13.1 Å². The van der Waals surface area contributed by atoms with Gasteiger partial charge in [0.25, 0.3) is 0 Å². The monoisotopic (exact) mass is 292 g/mol. The minimum atomic E-state index is 0.00636. The fraction of sp³-hybridized carbons (Fsp3) is 0.692. The molecule has 21 heavy (non-hydrogen) atoms. The fourth-order valence-corrected chi connectivity index (χ4v) is 2.56. The molecule has 1 saturated carbocycles. The number of nitrogens with zero attached hydrogens (tertiary/aromatic N) is 4. The number of hydrogen-bond acceptors (Lipinski definition) is 5. The largest absolute Gasteiger partial charge is 0.367 e. The highest BCUT2D eigenvalue weighted by molar-refractivity contribution is 5.81. The number of piperidine rings is 1. The second-order valence-electron chi connectivity index (χ2n) is 5.74. The standard InChI is InChI=1S/C13H20N6O2/c14-13-15-8-19(17-13)7-11(20)18-5-3-10(4-6-18)16-12(21)9-1-2-9/h8-10H,1-7H2,(H2,14,17)(H,16,21). The molecule has 1 aromatic heterocycles. The van der Waals surface area contributed by atoms with Crippen molar-refractivity contribution in [3.8, 4) is 0 Å². The molecule has 2 aliphatic rings. The Hall–Kier alpha value is -2.12. The number of nitrogens with two attached hydrogens (primary N) is 1. The molecule has 2 amide bonds. The molecule has 0 bridgehead atoms. The Labute approximate surface area is 122 Å². The summed E-state index contributed by atoms with van der Waals surface area (Å²) < 4.78 is 1.44. The molecule has 2 fully saturated rings. The zero-order valence-corrected chi connectivity index (χ0v) is 11.9. The summed E-state index contributed by atoms with van der Waals surface area (Å²) in [6.07, 6.45) is 5.11. The van der Waals surface area contributed by atoms with E-state index >= 15 is 0 Å².